The standard InChI is InChI=1S/C16H22N4/c17-9-15-8-13(5-7-19-15)11-20(16-3-4-16)12-14-2-1-6-18-10-14/h5,7-8,14,16,18H,1-4,6,10-12H2. The summed E-state index contributed by atoms with van der Waals surface area (Å²) in [6, 6.07) is 6.85. The SMILES string of the molecule is N#Cc1cc(CN(CC2CCCNC2)C2CC2)ccn1. The number of nitriles is 1. The summed E-state index contributed by atoms with van der Waals surface area (Å²) in [5, 5.41) is 12.4. The zero-order valence-corrected chi connectivity index (χ0v) is 11.9. The van der Waals surface area contributed by atoms with E-state index >= 15 is 0 Å². The third-order valence-corrected chi connectivity index (χ3v) is 4.28. The first kappa shape index (κ1) is 13.5. The van der Waals surface area contributed by atoms with Crippen molar-refractivity contribution in [1.82, 2.24) is 15.2 Å². The molecule has 0 bridgehead atoms. The second-order valence-electron chi connectivity index (χ2n) is 6.03. The molecule has 2 heterocycles. The number of nitrogens with one attached hydrogen (secondary N) is 1. The quantitative estimate of drug-likeness (QED) is 0.888. The van der Waals surface area contributed by atoms with E-state index < -0.39 is 0 Å². The molecule has 0 amide bonds. The molecule has 1 unspecified atom stereocenters. The third kappa shape index (κ3) is 3.56. The topological polar surface area (TPSA) is 52.0 Å². The van der Waals surface area contributed by atoms with E-state index in [-0.39, 0.29) is 0 Å². The molecule has 106 valence electrons. The van der Waals surface area contributed by atoms with Crippen molar-refractivity contribution < 1.29 is 0 Å². The van der Waals surface area contributed by atoms with Gasteiger partial charge in [-0.05, 0) is 62.4 Å². The summed E-state index contributed by atoms with van der Waals surface area (Å²) < 4.78 is 0. The molecule has 1 atom stereocenters. The second-order valence-corrected chi connectivity index (χ2v) is 6.03. The summed E-state index contributed by atoms with van der Waals surface area (Å²) in [4.78, 5) is 6.66. The summed E-state index contributed by atoms with van der Waals surface area (Å²) in [6.45, 7) is 4.47. The lowest BCUT2D eigenvalue weighted by atomic mass is 9.98. The van der Waals surface area contributed by atoms with E-state index in [1.54, 1.807) is 6.20 Å². The third-order valence-electron chi connectivity index (χ3n) is 4.28. The van der Waals surface area contributed by atoms with Gasteiger partial charge in [-0.3, -0.25) is 4.90 Å². The van der Waals surface area contributed by atoms with Crippen LogP contribution in [0, 0.1) is 17.2 Å². The average Bonchev–Trinajstić information content (AvgIpc) is 3.33. The van der Waals surface area contributed by atoms with Crippen LogP contribution in [-0.4, -0.2) is 35.6 Å². The first-order valence-corrected chi connectivity index (χ1v) is 7.65. The molecule has 0 spiro atoms. The first-order valence-electron chi connectivity index (χ1n) is 7.65. The van der Waals surface area contributed by atoms with Gasteiger partial charge < -0.3 is 5.32 Å². The van der Waals surface area contributed by atoms with Crippen molar-refractivity contribution in [2.45, 2.75) is 38.3 Å². The lowest BCUT2D eigenvalue weighted by Crippen LogP contribution is -2.39. The van der Waals surface area contributed by atoms with E-state index in [4.69, 9.17) is 5.26 Å². The van der Waals surface area contributed by atoms with Crippen LogP contribution in [0.5, 0.6) is 0 Å². The molecule has 0 aromatic carbocycles. The van der Waals surface area contributed by atoms with Crippen molar-refractivity contribution in [1.29, 1.82) is 5.26 Å². The average molecular weight is 270 g/mol. The van der Waals surface area contributed by atoms with Gasteiger partial charge in [0.15, 0.2) is 0 Å². The van der Waals surface area contributed by atoms with Gasteiger partial charge in [-0.2, -0.15) is 5.26 Å². The molecule has 4 nitrogen and oxygen atoms in total. The summed E-state index contributed by atoms with van der Waals surface area (Å²) in [5.74, 6) is 0.779. The van der Waals surface area contributed by atoms with Gasteiger partial charge in [0, 0.05) is 25.3 Å². The van der Waals surface area contributed by atoms with Crippen LogP contribution >= 0.6 is 0 Å². The molecule has 1 aromatic rings. The van der Waals surface area contributed by atoms with Crippen molar-refractivity contribution in [2.24, 2.45) is 5.92 Å². The first-order chi connectivity index (χ1) is 9.85. The number of pyridine rings is 1. The van der Waals surface area contributed by atoms with Crippen molar-refractivity contribution in [3.63, 3.8) is 0 Å². The largest absolute Gasteiger partial charge is 0.316 e. The number of hydrogen-bond acceptors (Lipinski definition) is 4. The van der Waals surface area contributed by atoms with E-state index in [0.717, 1.165) is 25.0 Å². The number of nitrogens with zero attached hydrogens (tertiary/aromatic N) is 3. The molecule has 20 heavy (non-hydrogen) atoms. The fourth-order valence-corrected chi connectivity index (χ4v) is 3.06. The molecule has 2 fully saturated rings. The highest BCUT2D eigenvalue weighted by atomic mass is 15.2. The fraction of sp³-hybridized carbons (Fsp3) is 0.625. The summed E-state index contributed by atoms with van der Waals surface area (Å²) in [6.07, 6.45) is 7.06. The number of aromatic nitrogens is 1. The highest BCUT2D eigenvalue weighted by molar-refractivity contribution is 5.25. The maximum atomic E-state index is 8.94. The van der Waals surface area contributed by atoms with Gasteiger partial charge in [0.05, 0.1) is 0 Å². The molecule has 1 N–H and O–H groups in total. The lowest BCUT2D eigenvalue weighted by Gasteiger charge is -2.30. The Hall–Kier alpha value is -1.44. The molecule has 2 aliphatic rings. The molecule has 4 heteroatoms. The molecule has 1 aliphatic carbocycles. The van der Waals surface area contributed by atoms with E-state index in [9.17, 15) is 0 Å². The lowest BCUT2D eigenvalue weighted by molar-refractivity contribution is 0.192. The Bertz CT molecular complexity index is 483. The Kier molecular flexibility index (Phi) is 4.29. The molecule has 1 saturated heterocycles. The highest BCUT2D eigenvalue weighted by Gasteiger charge is 2.30. The number of hydrogen-bond donors (Lipinski definition) is 1. The smallest absolute Gasteiger partial charge is 0.140 e. The van der Waals surface area contributed by atoms with E-state index in [2.05, 4.69) is 21.3 Å². The normalized spacial score (nSPS) is 22.7. The Morgan fingerprint density at radius 2 is 2.30 bits per heavy atom. The molecule has 0 radical (unpaired) electrons. The van der Waals surface area contributed by atoms with Gasteiger partial charge in [-0.15, -0.1) is 0 Å². The maximum absolute atomic E-state index is 8.94. The Labute approximate surface area is 120 Å². The van der Waals surface area contributed by atoms with Crippen molar-refractivity contribution in [3.05, 3.63) is 29.6 Å². The Morgan fingerprint density at radius 3 is 3.00 bits per heavy atom. The van der Waals surface area contributed by atoms with Crippen LogP contribution in [0.15, 0.2) is 18.3 Å². The molecule has 1 saturated carbocycles. The van der Waals surface area contributed by atoms with Crippen molar-refractivity contribution in [2.75, 3.05) is 19.6 Å². The predicted molar refractivity (Wildman–Crippen MR) is 78.0 cm³/mol. The van der Waals surface area contributed by atoms with Crippen molar-refractivity contribution >= 4 is 0 Å². The molecule has 1 aliphatic heterocycles. The van der Waals surface area contributed by atoms with Gasteiger partial charge in [0.2, 0.25) is 0 Å². The molecular weight excluding hydrogens is 248 g/mol. The minimum absolute atomic E-state index is 0.526. The van der Waals surface area contributed by atoms with Gasteiger partial charge in [-0.25, -0.2) is 4.98 Å². The zero-order valence-electron chi connectivity index (χ0n) is 11.9. The molecule has 1 aromatic heterocycles. The van der Waals surface area contributed by atoms with Gasteiger partial charge in [0.25, 0.3) is 0 Å². The van der Waals surface area contributed by atoms with Crippen LogP contribution in [-0.2, 0) is 6.54 Å². The van der Waals surface area contributed by atoms with Gasteiger partial charge >= 0.3 is 0 Å². The highest BCUT2D eigenvalue weighted by Crippen LogP contribution is 2.30. The Morgan fingerprint density at radius 1 is 1.40 bits per heavy atom. The Balaban J connectivity index is 1.63. The minimum atomic E-state index is 0.526. The minimum Gasteiger partial charge on any atom is -0.316 e. The van der Waals surface area contributed by atoms with Crippen molar-refractivity contribution in [3.8, 4) is 6.07 Å². The second kappa shape index (κ2) is 6.34. The predicted octanol–water partition coefficient (Wildman–Crippen LogP) is 1.92. The maximum Gasteiger partial charge on any atom is 0.140 e. The van der Waals surface area contributed by atoms with Crippen LogP contribution in [0.4, 0.5) is 0 Å². The van der Waals surface area contributed by atoms with Crippen LogP contribution < -0.4 is 5.32 Å². The fourth-order valence-electron chi connectivity index (χ4n) is 3.06. The summed E-state index contributed by atoms with van der Waals surface area (Å²) in [5.41, 5.74) is 1.74. The van der Waals surface area contributed by atoms with E-state index in [1.165, 1.54) is 44.3 Å². The summed E-state index contributed by atoms with van der Waals surface area (Å²) in [7, 11) is 0. The monoisotopic (exact) mass is 270 g/mol. The van der Waals surface area contributed by atoms with Gasteiger partial charge in [-0.1, -0.05) is 0 Å². The van der Waals surface area contributed by atoms with Crippen LogP contribution in [0.25, 0.3) is 0 Å². The van der Waals surface area contributed by atoms with E-state index in [0.29, 0.717) is 5.69 Å². The van der Waals surface area contributed by atoms with Crippen LogP contribution in [0.2, 0.25) is 0 Å². The number of rotatable bonds is 5. The van der Waals surface area contributed by atoms with Crippen LogP contribution in [0.1, 0.15) is 36.9 Å². The molecule has 3 rings (SSSR count). The summed E-state index contributed by atoms with van der Waals surface area (Å²) >= 11 is 0. The van der Waals surface area contributed by atoms with Crippen LogP contribution in [0.3, 0.4) is 0 Å². The van der Waals surface area contributed by atoms with Gasteiger partial charge in [0.1, 0.15) is 11.8 Å². The zero-order chi connectivity index (χ0) is 13.8. The van der Waals surface area contributed by atoms with E-state index in [1.807, 2.05) is 12.1 Å². The number of piperidine rings is 1. The molecular formula is C16H22N4.